The van der Waals surface area contributed by atoms with Crippen LogP contribution in [0.5, 0.6) is 0 Å². The van der Waals surface area contributed by atoms with Crippen molar-refractivity contribution in [3.8, 4) is 0 Å². The van der Waals surface area contributed by atoms with Gasteiger partial charge in [-0.05, 0) is 38.1 Å². The lowest BCUT2D eigenvalue weighted by molar-refractivity contribution is 0.509. The quantitative estimate of drug-likeness (QED) is 0.721. The van der Waals surface area contributed by atoms with Crippen LogP contribution in [0.15, 0.2) is 18.2 Å². The lowest BCUT2D eigenvalue weighted by Crippen LogP contribution is -2.22. The van der Waals surface area contributed by atoms with E-state index in [4.69, 9.17) is 0 Å². The molecule has 0 aliphatic rings. The van der Waals surface area contributed by atoms with Crippen LogP contribution in [0.4, 0.5) is 14.5 Å². The maximum absolute atomic E-state index is 12.9. The zero-order valence-corrected chi connectivity index (χ0v) is 11.6. The maximum atomic E-state index is 12.9. The molecule has 0 aromatic heterocycles. The summed E-state index contributed by atoms with van der Waals surface area (Å²) in [5.41, 5.74) is 0.0282. The summed E-state index contributed by atoms with van der Waals surface area (Å²) in [7, 11) is -3.53. The molecule has 108 valence electrons. The molecule has 4 nitrogen and oxygen atoms in total. The Labute approximate surface area is 112 Å². The van der Waals surface area contributed by atoms with Gasteiger partial charge in [0, 0.05) is 6.07 Å². The minimum absolute atomic E-state index is 0.0282. The predicted molar refractivity (Wildman–Crippen MR) is 71.5 cm³/mol. The number of rotatable bonds is 8. The van der Waals surface area contributed by atoms with Gasteiger partial charge in [0.2, 0.25) is 10.0 Å². The van der Waals surface area contributed by atoms with E-state index in [2.05, 4.69) is 10.0 Å². The number of halogens is 2. The topological polar surface area (TPSA) is 58.2 Å². The van der Waals surface area contributed by atoms with Gasteiger partial charge in [0.1, 0.15) is 0 Å². The van der Waals surface area contributed by atoms with E-state index in [9.17, 15) is 17.2 Å². The van der Waals surface area contributed by atoms with Gasteiger partial charge in [0.15, 0.2) is 11.6 Å². The predicted octanol–water partition coefficient (Wildman–Crippen LogP) is 2.10. The molecule has 7 heteroatoms. The van der Waals surface area contributed by atoms with Crippen LogP contribution in [0.3, 0.4) is 0 Å². The maximum Gasteiger partial charge on any atom is 0.232 e. The van der Waals surface area contributed by atoms with Crippen LogP contribution in [-0.2, 0) is 10.0 Å². The Balaban J connectivity index is 2.47. The Bertz CT molecular complexity index is 506. The van der Waals surface area contributed by atoms with Crippen LogP contribution in [-0.4, -0.2) is 27.3 Å². The fourth-order valence-corrected chi connectivity index (χ4v) is 2.59. The Kier molecular flexibility index (Phi) is 6.17. The molecule has 0 bridgehead atoms. The molecule has 19 heavy (non-hydrogen) atoms. The SMILES string of the molecule is CCCNCCCS(=O)(=O)Nc1ccc(F)c(F)c1. The molecule has 1 aromatic rings. The summed E-state index contributed by atoms with van der Waals surface area (Å²) >= 11 is 0. The summed E-state index contributed by atoms with van der Waals surface area (Å²) in [5.74, 6) is -2.15. The number of nitrogens with one attached hydrogen (secondary N) is 2. The molecule has 0 aliphatic heterocycles. The third-order valence-corrected chi connectivity index (χ3v) is 3.76. The van der Waals surface area contributed by atoms with E-state index in [1.807, 2.05) is 6.92 Å². The van der Waals surface area contributed by atoms with Crippen LogP contribution in [0.1, 0.15) is 19.8 Å². The first kappa shape index (κ1) is 15.8. The van der Waals surface area contributed by atoms with Crippen LogP contribution in [0.2, 0.25) is 0 Å². The highest BCUT2D eigenvalue weighted by Gasteiger charge is 2.11. The van der Waals surface area contributed by atoms with Crippen molar-refractivity contribution in [3.05, 3.63) is 29.8 Å². The number of anilines is 1. The van der Waals surface area contributed by atoms with Crippen molar-refractivity contribution < 1.29 is 17.2 Å². The molecule has 0 unspecified atom stereocenters. The third kappa shape index (κ3) is 5.98. The van der Waals surface area contributed by atoms with Gasteiger partial charge < -0.3 is 5.32 Å². The Morgan fingerprint density at radius 2 is 1.89 bits per heavy atom. The van der Waals surface area contributed by atoms with Gasteiger partial charge in [0.25, 0.3) is 0 Å². The Hall–Kier alpha value is -1.21. The van der Waals surface area contributed by atoms with Crippen molar-refractivity contribution in [2.45, 2.75) is 19.8 Å². The van der Waals surface area contributed by atoms with Gasteiger partial charge >= 0.3 is 0 Å². The monoisotopic (exact) mass is 292 g/mol. The van der Waals surface area contributed by atoms with Crippen LogP contribution in [0, 0.1) is 11.6 Å². The summed E-state index contributed by atoms with van der Waals surface area (Å²) < 4.78 is 51.2. The molecule has 0 fully saturated rings. The smallest absolute Gasteiger partial charge is 0.232 e. The number of sulfonamides is 1. The Morgan fingerprint density at radius 3 is 2.53 bits per heavy atom. The van der Waals surface area contributed by atoms with Crippen LogP contribution >= 0.6 is 0 Å². The van der Waals surface area contributed by atoms with E-state index >= 15 is 0 Å². The van der Waals surface area contributed by atoms with E-state index in [1.165, 1.54) is 6.07 Å². The standard InChI is InChI=1S/C12H18F2N2O2S/c1-2-6-15-7-3-8-19(17,18)16-10-4-5-11(13)12(14)9-10/h4-5,9,15-16H,2-3,6-8H2,1H3. The summed E-state index contributed by atoms with van der Waals surface area (Å²) in [4.78, 5) is 0. The normalized spacial score (nSPS) is 11.5. The largest absolute Gasteiger partial charge is 0.317 e. The molecule has 0 radical (unpaired) electrons. The lowest BCUT2D eigenvalue weighted by atomic mass is 10.3. The molecule has 0 saturated carbocycles. The zero-order chi connectivity index (χ0) is 14.3. The summed E-state index contributed by atoms with van der Waals surface area (Å²) in [6.45, 7) is 3.47. The van der Waals surface area contributed by atoms with Gasteiger partial charge in [-0.3, -0.25) is 4.72 Å². The lowest BCUT2D eigenvalue weighted by Gasteiger charge is -2.08. The zero-order valence-electron chi connectivity index (χ0n) is 10.7. The molecule has 1 aromatic carbocycles. The van der Waals surface area contributed by atoms with Gasteiger partial charge in [0.05, 0.1) is 11.4 Å². The second-order valence-electron chi connectivity index (χ2n) is 4.15. The van der Waals surface area contributed by atoms with Crippen molar-refractivity contribution in [1.82, 2.24) is 5.32 Å². The van der Waals surface area contributed by atoms with Crippen molar-refractivity contribution in [2.75, 3.05) is 23.6 Å². The van der Waals surface area contributed by atoms with E-state index in [-0.39, 0.29) is 11.4 Å². The molecule has 2 N–H and O–H groups in total. The van der Waals surface area contributed by atoms with Crippen LogP contribution in [0.25, 0.3) is 0 Å². The summed E-state index contributed by atoms with van der Waals surface area (Å²) in [6.07, 6.45) is 1.44. The van der Waals surface area contributed by atoms with E-state index < -0.39 is 21.7 Å². The highest BCUT2D eigenvalue weighted by atomic mass is 32.2. The van der Waals surface area contributed by atoms with Crippen molar-refractivity contribution in [2.24, 2.45) is 0 Å². The number of hydrogen-bond acceptors (Lipinski definition) is 3. The first-order valence-electron chi connectivity index (χ1n) is 6.11. The fraction of sp³-hybridized carbons (Fsp3) is 0.500. The fourth-order valence-electron chi connectivity index (χ4n) is 1.48. The second-order valence-corrected chi connectivity index (χ2v) is 6.00. The van der Waals surface area contributed by atoms with Gasteiger partial charge in [-0.1, -0.05) is 6.92 Å². The highest BCUT2D eigenvalue weighted by molar-refractivity contribution is 7.92. The molecular formula is C12H18F2N2O2S. The molecular weight excluding hydrogens is 274 g/mol. The average Bonchev–Trinajstić information content (AvgIpc) is 2.33. The molecule has 0 atom stereocenters. The van der Waals surface area contributed by atoms with Crippen LogP contribution < -0.4 is 10.0 Å². The van der Waals surface area contributed by atoms with Gasteiger partial charge in [-0.15, -0.1) is 0 Å². The highest BCUT2D eigenvalue weighted by Crippen LogP contribution is 2.14. The Morgan fingerprint density at radius 1 is 1.16 bits per heavy atom. The van der Waals surface area contributed by atoms with Crippen molar-refractivity contribution in [1.29, 1.82) is 0 Å². The summed E-state index contributed by atoms with van der Waals surface area (Å²) in [6, 6.07) is 2.89. The van der Waals surface area contributed by atoms with E-state index in [0.29, 0.717) is 13.0 Å². The molecule has 0 aliphatic carbocycles. The van der Waals surface area contributed by atoms with Crippen molar-refractivity contribution in [3.63, 3.8) is 0 Å². The molecule has 0 amide bonds. The van der Waals surface area contributed by atoms with Crippen molar-refractivity contribution >= 4 is 15.7 Å². The minimum atomic E-state index is -3.53. The molecule has 1 rings (SSSR count). The average molecular weight is 292 g/mol. The minimum Gasteiger partial charge on any atom is -0.317 e. The first-order chi connectivity index (χ1) is 8.94. The summed E-state index contributed by atoms with van der Waals surface area (Å²) in [5, 5.41) is 3.09. The molecule has 0 saturated heterocycles. The number of benzene rings is 1. The van der Waals surface area contributed by atoms with E-state index in [1.54, 1.807) is 0 Å². The van der Waals surface area contributed by atoms with Gasteiger partial charge in [-0.2, -0.15) is 0 Å². The molecule has 0 spiro atoms. The molecule has 0 heterocycles. The third-order valence-electron chi connectivity index (χ3n) is 2.39. The second kappa shape index (κ2) is 7.40. The van der Waals surface area contributed by atoms with Gasteiger partial charge in [-0.25, -0.2) is 17.2 Å². The van der Waals surface area contributed by atoms with E-state index in [0.717, 1.165) is 25.1 Å². The number of hydrogen-bond donors (Lipinski definition) is 2. The first-order valence-corrected chi connectivity index (χ1v) is 7.76.